The van der Waals surface area contributed by atoms with Gasteiger partial charge in [0.25, 0.3) is 0 Å². The van der Waals surface area contributed by atoms with Crippen LogP contribution < -0.4 is 16.6 Å². The molecule has 0 heterocycles. The summed E-state index contributed by atoms with van der Waals surface area (Å²) in [6.45, 7) is 8.12. The van der Waals surface area contributed by atoms with Gasteiger partial charge in [-0.2, -0.15) is 0 Å². The molecule has 0 aliphatic rings. The van der Waals surface area contributed by atoms with E-state index in [-0.39, 0.29) is 5.54 Å². The average Bonchev–Trinajstić information content (AvgIpc) is 1.63. The van der Waals surface area contributed by atoms with Gasteiger partial charge in [0.1, 0.15) is 0 Å². The molecule has 0 fully saturated rings. The summed E-state index contributed by atoms with van der Waals surface area (Å²) >= 11 is 0. The second-order valence-electron chi connectivity index (χ2n) is 3.13. The molecule has 0 atom stereocenters. The molecule has 9 heavy (non-hydrogen) atoms. The third-order valence-corrected chi connectivity index (χ3v) is 0.925. The summed E-state index contributed by atoms with van der Waals surface area (Å²) in [5.41, 5.74) is 2.78. The maximum atomic E-state index is 5.07. The average molecular weight is 131 g/mol. The molecule has 0 aliphatic heterocycles. The van der Waals surface area contributed by atoms with Gasteiger partial charge >= 0.3 is 0 Å². The molecule has 0 bridgehead atoms. The molecule has 0 aromatic heterocycles. The lowest BCUT2D eigenvalue weighted by molar-refractivity contribution is 0.423. The zero-order valence-corrected chi connectivity index (χ0v) is 6.49. The molecule has 0 saturated carbocycles. The van der Waals surface area contributed by atoms with Crippen LogP contribution in [0.2, 0.25) is 0 Å². The summed E-state index contributed by atoms with van der Waals surface area (Å²) in [5, 5.41) is 3.28. The highest BCUT2D eigenvalue weighted by molar-refractivity contribution is 4.69. The molecule has 4 N–H and O–H groups in total. The number of nitrogens with two attached hydrogens (primary N) is 1. The highest BCUT2D eigenvalue weighted by Crippen LogP contribution is 1.95. The van der Waals surface area contributed by atoms with Gasteiger partial charge < -0.3 is 5.32 Å². The first-order chi connectivity index (χ1) is 4.06. The van der Waals surface area contributed by atoms with Crippen LogP contribution in [-0.4, -0.2) is 18.6 Å². The van der Waals surface area contributed by atoms with E-state index in [0.29, 0.717) is 0 Å². The SMILES string of the molecule is CC(C)(C)NCCNN. The van der Waals surface area contributed by atoms with Gasteiger partial charge in [0.15, 0.2) is 0 Å². The van der Waals surface area contributed by atoms with Crippen molar-refractivity contribution in [1.29, 1.82) is 0 Å². The van der Waals surface area contributed by atoms with Gasteiger partial charge in [-0.1, -0.05) is 0 Å². The van der Waals surface area contributed by atoms with E-state index in [1.807, 2.05) is 0 Å². The van der Waals surface area contributed by atoms with E-state index in [1.165, 1.54) is 0 Å². The maximum Gasteiger partial charge on any atom is 0.0223 e. The molecule has 0 aromatic rings. The maximum absolute atomic E-state index is 5.07. The van der Waals surface area contributed by atoms with Crippen LogP contribution in [0.25, 0.3) is 0 Å². The van der Waals surface area contributed by atoms with E-state index in [1.54, 1.807) is 0 Å². The minimum Gasteiger partial charge on any atom is -0.311 e. The summed E-state index contributed by atoms with van der Waals surface area (Å²) in [5.74, 6) is 5.07. The van der Waals surface area contributed by atoms with Crippen molar-refractivity contribution >= 4 is 0 Å². The van der Waals surface area contributed by atoms with Crippen molar-refractivity contribution in [2.45, 2.75) is 26.3 Å². The van der Waals surface area contributed by atoms with Crippen LogP contribution >= 0.6 is 0 Å². The Morgan fingerprint density at radius 2 is 1.78 bits per heavy atom. The third-order valence-electron chi connectivity index (χ3n) is 0.925. The molecule has 0 amide bonds. The molecule has 0 saturated heterocycles. The summed E-state index contributed by atoms with van der Waals surface area (Å²) in [7, 11) is 0. The highest BCUT2D eigenvalue weighted by atomic mass is 15.2. The van der Waals surface area contributed by atoms with Crippen LogP contribution in [0.15, 0.2) is 0 Å². The Hall–Kier alpha value is -0.120. The molecule has 0 spiro atoms. The largest absolute Gasteiger partial charge is 0.311 e. The summed E-state index contributed by atoms with van der Waals surface area (Å²) < 4.78 is 0. The van der Waals surface area contributed by atoms with Crippen molar-refractivity contribution in [3.05, 3.63) is 0 Å². The van der Waals surface area contributed by atoms with Gasteiger partial charge in [0.05, 0.1) is 0 Å². The van der Waals surface area contributed by atoms with Gasteiger partial charge in [-0.3, -0.25) is 11.3 Å². The molecular formula is C6H17N3. The summed E-state index contributed by atoms with van der Waals surface area (Å²) in [6, 6.07) is 0. The standard InChI is InChI=1S/C6H17N3/c1-6(2,3)8-4-5-9-7/h8-9H,4-5,7H2,1-3H3. The van der Waals surface area contributed by atoms with Crippen molar-refractivity contribution in [2.75, 3.05) is 13.1 Å². The predicted octanol–water partition coefficient (Wildman–Crippen LogP) is -0.162. The van der Waals surface area contributed by atoms with Gasteiger partial charge in [0.2, 0.25) is 0 Å². The minimum atomic E-state index is 0.205. The van der Waals surface area contributed by atoms with Crippen LogP contribution in [0.1, 0.15) is 20.8 Å². The fourth-order valence-electron chi connectivity index (χ4n) is 0.510. The molecular weight excluding hydrogens is 114 g/mol. The van der Waals surface area contributed by atoms with Gasteiger partial charge in [-0.05, 0) is 20.8 Å². The fraction of sp³-hybridized carbons (Fsp3) is 1.00. The summed E-state index contributed by atoms with van der Waals surface area (Å²) in [4.78, 5) is 0. The Morgan fingerprint density at radius 3 is 2.11 bits per heavy atom. The first kappa shape index (κ1) is 8.88. The van der Waals surface area contributed by atoms with E-state index in [0.717, 1.165) is 13.1 Å². The summed E-state index contributed by atoms with van der Waals surface area (Å²) in [6.07, 6.45) is 0. The Bertz CT molecular complexity index is 65.2. The molecule has 56 valence electrons. The topological polar surface area (TPSA) is 50.1 Å². The molecule has 0 aromatic carbocycles. The number of hydrogen-bond acceptors (Lipinski definition) is 3. The Morgan fingerprint density at radius 1 is 1.22 bits per heavy atom. The van der Waals surface area contributed by atoms with E-state index in [9.17, 15) is 0 Å². The second kappa shape index (κ2) is 3.82. The third kappa shape index (κ3) is 7.88. The Kier molecular flexibility index (Phi) is 3.77. The van der Waals surface area contributed by atoms with Gasteiger partial charge in [0, 0.05) is 18.6 Å². The highest BCUT2D eigenvalue weighted by Gasteiger charge is 2.05. The van der Waals surface area contributed by atoms with E-state index < -0.39 is 0 Å². The van der Waals surface area contributed by atoms with E-state index in [4.69, 9.17) is 5.84 Å². The quantitative estimate of drug-likeness (QED) is 0.283. The van der Waals surface area contributed by atoms with Crippen LogP contribution in [0.5, 0.6) is 0 Å². The Balaban J connectivity index is 3.07. The van der Waals surface area contributed by atoms with Crippen molar-refractivity contribution < 1.29 is 0 Å². The molecule has 0 radical (unpaired) electrons. The second-order valence-corrected chi connectivity index (χ2v) is 3.13. The zero-order valence-electron chi connectivity index (χ0n) is 6.49. The fourth-order valence-corrected chi connectivity index (χ4v) is 0.510. The van der Waals surface area contributed by atoms with Crippen LogP contribution in [0.3, 0.4) is 0 Å². The monoisotopic (exact) mass is 131 g/mol. The van der Waals surface area contributed by atoms with Crippen molar-refractivity contribution in [1.82, 2.24) is 10.7 Å². The number of hydrogen-bond donors (Lipinski definition) is 3. The van der Waals surface area contributed by atoms with Crippen LogP contribution in [0.4, 0.5) is 0 Å². The predicted molar refractivity (Wildman–Crippen MR) is 39.9 cm³/mol. The Labute approximate surface area is 57.0 Å². The molecule has 3 nitrogen and oxygen atoms in total. The number of nitrogens with one attached hydrogen (secondary N) is 2. The van der Waals surface area contributed by atoms with Crippen molar-refractivity contribution in [2.24, 2.45) is 5.84 Å². The van der Waals surface area contributed by atoms with Crippen LogP contribution in [0, 0.1) is 0 Å². The smallest absolute Gasteiger partial charge is 0.0223 e. The zero-order chi connectivity index (χ0) is 7.33. The lowest BCUT2D eigenvalue weighted by Gasteiger charge is -2.19. The molecule has 0 aliphatic carbocycles. The normalized spacial score (nSPS) is 12.0. The molecule has 3 heteroatoms. The van der Waals surface area contributed by atoms with Crippen LogP contribution in [-0.2, 0) is 0 Å². The number of hydrazine groups is 1. The lowest BCUT2D eigenvalue weighted by atomic mass is 10.1. The molecule has 0 unspecified atom stereocenters. The van der Waals surface area contributed by atoms with Gasteiger partial charge in [-0.25, -0.2) is 0 Å². The first-order valence-electron chi connectivity index (χ1n) is 3.25. The van der Waals surface area contributed by atoms with E-state index in [2.05, 4.69) is 31.5 Å². The first-order valence-corrected chi connectivity index (χ1v) is 3.25. The van der Waals surface area contributed by atoms with Crippen molar-refractivity contribution in [3.63, 3.8) is 0 Å². The minimum absolute atomic E-state index is 0.205. The van der Waals surface area contributed by atoms with Gasteiger partial charge in [-0.15, -0.1) is 0 Å². The lowest BCUT2D eigenvalue weighted by Crippen LogP contribution is -2.41. The van der Waals surface area contributed by atoms with E-state index >= 15 is 0 Å². The number of rotatable bonds is 3. The molecule has 0 rings (SSSR count). The van der Waals surface area contributed by atoms with Crippen molar-refractivity contribution in [3.8, 4) is 0 Å².